The van der Waals surface area contributed by atoms with Gasteiger partial charge < -0.3 is 25.2 Å². The molecular weight excluding hydrogens is 589 g/mol. The van der Waals surface area contributed by atoms with Crippen LogP contribution in [0.15, 0.2) is 66.1 Å². The minimum atomic E-state index is -1.60. The number of esters is 1. The van der Waals surface area contributed by atoms with Crippen molar-refractivity contribution >= 4 is 47.7 Å². The van der Waals surface area contributed by atoms with Gasteiger partial charge in [0.2, 0.25) is 0 Å². The molecule has 5 rings (SSSR count). The number of rotatable bonds is 8. The fourth-order valence-corrected chi connectivity index (χ4v) is 9.16. The van der Waals surface area contributed by atoms with Crippen LogP contribution in [0.4, 0.5) is 5.69 Å². The molecule has 240 valence electrons. The molecule has 0 radical (unpaired) electrons. The van der Waals surface area contributed by atoms with Crippen molar-refractivity contribution in [3.05, 3.63) is 66.7 Å². The van der Waals surface area contributed by atoms with Gasteiger partial charge in [-0.3, -0.25) is 14.4 Å². The Hall–Kier alpha value is -2.92. The van der Waals surface area contributed by atoms with Crippen LogP contribution in [0.5, 0.6) is 0 Å². The summed E-state index contributed by atoms with van der Waals surface area (Å²) in [6.45, 7) is 12.5. The summed E-state index contributed by atoms with van der Waals surface area (Å²) in [5, 5.41) is 33.0. The van der Waals surface area contributed by atoms with Crippen LogP contribution >= 0.6 is 11.8 Å². The van der Waals surface area contributed by atoms with Gasteiger partial charge in [-0.2, -0.15) is 0 Å². The molecule has 2 aromatic rings. The fourth-order valence-electron chi connectivity index (χ4n) is 8.48. The SMILES string of the molecule is C=C[C@]1(C)C[C@@H](OC(=O)CSc2ccc(NC(=O)c3ccc(B(O)O)cc3)cc2)[C@]2(C)[C@H](C)CC[C@]3(CCC(=O)[C@H]32)[C@@H](C)[C@@H]1O. The minimum absolute atomic E-state index is 0.0727. The molecule has 3 aliphatic rings. The Balaban J connectivity index is 1.28. The van der Waals surface area contributed by atoms with Gasteiger partial charge in [-0.1, -0.05) is 45.9 Å². The summed E-state index contributed by atoms with van der Waals surface area (Å²) in [6.07, 6.45) is 4.02. The van der Waals surface area contributed by atoms with Crippen molar-refractivity contribution in [3.8, 4) is 0 Å². The molecule has 3 fully saturated rings. The van der Waals surface area contributed by atoms with E-state index in [4.69, 9.17) is 4.74 Å². The normalized spacial score (nSPS) is 34.2. The molecule has 3 aliphatic carbocycles. The van der Waals surface area contributed by atoms with Crippen LogP contribution in [0.2, 0.25) is 0 Å². The number of anilines is 1. The zero-order chi connectivity index (χ0) is 32.7. The lowest BCUT2D eigenvalue weighted by atomic mass is 9.44. The molecule has 0 aromatic heterocycles. The minimum Gasteiger partial charge on any atom is -0.461 e. The number of benzene rings is 2. The lowest BCUT2D eigenvalue weighted by molar-refractivity contribution is -0.205. The summed E-state index contributed by atoms with van der Waals surface area (Å²) in [5.41, 5.74) is -0.296. The van der Waals surface area contributed by atoms with E-state index in [1.165, 1.54) is 36.0 Å². The molecule has 0 unspecified atom stereocenters. The quantitative estimate of drug-likeness (QED) is 0.143. The summed E-state index contributed by atoms with van der Waals surface area (Å²) < 4.78 is 6.33. The van der Waals surface area contributed by atoms with Crippen molar-refractivity contribution in [2.45, 2.75) is 76.9 Å². The number of ketones is 1. The topological polar surface area (TPSA) is 133 Å². The molecule has 8 atom stereocenters. The van der Waals surface area contributed by atoms with E-state index >= 15 is 0 Å². The number of aliphatic hydroxyl groups is 1. The second-order valence-corrected chi connectivity index (χ2v) is 14.9. The van der Waals surface area contributed by atoms with E-state index in [2.05, 4.69) is 32.7 Å². The molecule has 1 amide bonds. The van der Waals surface area contributed by atoms with Gasteiger partial charge in [0.25, 0.3) is 5.91 Å². The molecule has 0 spiro atoms. The van der Waals surface area contributed by atoms with Crippen LogP contribution in [0.3, 0.4) is 0 Å². The lowest BCUT2D eigenvalue weighted by Crippen LogP contribution is -2.63. The Morgan fingerprint density at radius 2 is 1.76 bits per heavy atom. The van der Waals surface area contributed by atoms with E-state index < -0.39 is 30.2 Å². The number of nitrogens with one attached hydrogen (secondary N) is 1. The number of hydrogen-bond acceptors (Lipinski definition) is 8. The lowest BCUT2D eigenvalue weighted by Gasteiger charge is -2.61. The molecule has 2 aromatic carbocycles. The summed E-state index contributed by atoms with van der Waals surface area (Å²) in [4.78, 5) is 40.5. The van der Waals surface area contributed by atoms with Gasteiger partial charge in [0, 0.05) is 39.3 Å². The highest BCUT2D eigenvalue weighted by Gasteiger charge is 2.68. The highest BCUT2D eigenvalue weighted by molar-refractivity contribution is 8.00. The zero-order valence-corrected chi connectivity index (χ0v) is 27.3. The van der Waals surface area contributed by atoms with Gasteiger partial charge >= 0.3 is 13.1 Å². The van der Waals surface area contributed by atoms with Crippen molar-refractivity contribution in [3.63, 3.8) is 0 Å². The van der Waals surface area contributed by atoms with Crippen molar-refractivity contribution in [2.24, 2.45) is 34.0 Å². The van der Waals surface area contributed by atoms with Gasteiger partial charge in [-0.15, -0.1) is 18.3 Å². The molecular formula is C35H44BNO7S. The molecule has 0 aliphatic heterocycles. The second-order valence-electron chi connectivity index (χ2n) is 13.8. The van der Waals surface area contributed by atoms with Gasteiger partial charge in [0.15, 0.2) is 0 Å². The van der Waals surface area contributed by atoms with Crippen LogP contribution in [-0.2, 0) is 14.3 Å². The number of amides is 1. The third-order valence-corrected chi connectivity index (χ3v) is 12.5. The maximum absolute atomic E-state index is 13.6. The molecule has 8 nitrogen and oxygen atoms in total. The van der Waals surface area contributed by atoms with Crippen LogP contribution in [0.25, 0.3) is 0 Å². The highest BCUT2D eigenvalue weighted by atomic mass is 32.2. The largest absolute Gasteiger partial charge is 0.488 e. The van der Waals surface area contributed by atoms with E-state index in [9.17, 15) is 29.5 Å². The molecule has 45 heavy (non-hydrogen) atoms. The van der Waals surface area contributed by atoms with Crippen molar-refractivity contribution in [1.82, 2.24) is 0 Å². The number of hydrogen-bond donors (Lipinski definition) is 4. The molecule has 3 saturated carbocycles. The van der Waals surface area contributed by atoms with E-state index in [0.29, 0.717) is 29.6 Å². The predicted octanol–water partition coefficient (Wildman–Crippen LogP) is 4.62. The van der Waals surface area contributed by atoms with Crippen LogP contribution in [0.1, 0.15) is 70.2 Å². The van der Waals surface area contributed by atoms with Crippen molar-refractivity contribution in [2.75, 3.05) is 11.1 Å². The smallest absolute Gasteiger partial charge is 0.461 e. The van der Waals surface area contributed by atoms with Crippen LogP contribution < -0.4 is 10.8 Å². The molecule has 0 saturated heterocycles. The van der Waals surface area contributed by atoms with Crippen molar-refractivity contribution in [1.29, 1.82) is 0 Å². The van der Waals surface area contributed by atoms with Gasteiger partial charge in [0.05, 0.1) is 11.9 Å². The van der Waals surface area contributed by atoms with Crippen LogP contribution in [-0.4, -0.2) is 57.9 Å². The Labute approximate surface area is 270 Å². The Morgan fingerprint density at radius 1 is 1.09 bits per heavy atom. The van der Waals surface area contributed by atoms with E-state index in [1.54, 1.807) is 18.2 Å². The Morgan fingerprint density at radius 3 is 2.38 bits per heavy atom. The first-order valence-electron chi connectivity index (χ1n) is 15.8. The number of carbonyl (C=O) groups is 3. The number of carbonyl (C=O) groups excluding carboxylic acids is 3. The fraction of sp³-hybridized carbons (Fsp3) is 0.514. The summed E-state index contributed by atoms with van der Waals surface area (Å²) >= 11 is 1.33. The monoisotopic (exact) mass is 633 g/mol. The molecule has 0 heterocycles. The summed E-state index contributed by atoms with van der Waals surface area (Å²) in [5.74, 6) is -0.578. The van der Waals surface area contributed by atoms with Crippen LogP contribution in [0, 0.1) is 34.0 Å². The molecule has 4 N–H and O–H groups in total. The molecule has 10 heteroatoms. The number of thioether (sulfide) groups is 1. The van der Waals surface area contributed by atoms with E-state index in [0.717, 1.165) is 24.2 Å². The van der Waals surface area contributed by atoms with E-state index in [-0.39, 0.29) is 46.6 Å². The van der Waals surface area contributed by atoms with Gasteiger partial charge in [-0.05, 0) is 84.8 Å². The Kier molecular flexibility index (Phi) is 9.44. The maximum atomic E-state index is 13.6. The van der Waals surface area contributed by atoms with Crippen molar-refractivity contribution < 1.29 is 34.3 Å². The summed E-state index contributed by atoms with van der Waals surface area (Å²) in [7, 11) is -1.60. The average Bonchev–Trinajstić information content (AvgIpc) is 3.38. The average molecular weight is 634 g/mol. The number of Topliss-reactive ketones (excluding diaryl/α,β-unsaturated/α-hetero) is 1. The predicted molar refractivity (Wildman–Crippen MR) is 176 cm³/mol. The maximum Gasteiger partial charge on any atom is 0.488 e. The summed E-state index contributed by atoms with van der Waals surface area (Å²) in [6, 6.07) is 13.1. The molecule has 2 bridgehead atoms. The number of ether oxygens (including phenoxy) is 1. The third-order valence-electron chi connectivity index (χ3n) is 11.5. The van der Waals surface area contributed by atoms with Gasteiger partial charge in [-0.25, -0.2) is 0 Å². The van der Waals surface area contributed by atoms with E-state index in [1.807, 2.05) is 19.1 Å². The second kappa shape index (κ2) is 12.7. The van der Waals surface area contributed by atoms with Gasteiger partial charge in [0.1, 0.15) is 11.9 Å². The number of aliphatic hydroxyl groups excluding tert-OH is 1. The first-order valence-corrected chi connectivity index (χ1v) is 16.8. The first kappa shape index (κ1) is 33.4. The standard InChI is InChI=1S/C35H44BNO7S/c1-6-33(4)19-28(34(5)21(2)15-17-35(22(3)31(33)40)18-16-27(38)30(34)35)44-29(39)20-45-26-13-11-25(12-14-26)37-32(41)23-7-9-24(10-8-23)36(42)43/h6-14,21-22,28,30-31,40,42-43H,1,15-20H2,2-5H3,(H,37,41)/t21-,22+,28-,30+,31+,33-,34+,35+/m1/s1. The Bertz CT molecular complexity index is 1450. The zero-order valence-electron chi connectivity index (χ0n) is 26.5. The highest BCUT2D eigenvalue weighted by Crippen LogP contribution is 2.68. The third kappa shape index (κ3) is 6.02. The first-order chi connectivity index (χ1) is 21.2.